The molecule has 0 saturated carbocycles. The summed E-state index contributed by atoms with van der Waals surface area (Å²) in [6.45, 7) is 4.15. The minimum atomic E-state index is -0.120. The molecule has 0 radical (unpaired) electrons. The van der Waals surface area contributed by atoms with E-state index in [0.29, 0.717) is 34.1 Å². The van der Waals surface area contributed by atoms with Gasteiger partial charge in [0, 0.05) is 24.2 Å². The van der Waals surface area contributed by atoms with Crippen molar-refractivity contribution in [2.75, 3.05) is 12.8 Å². The maximum absolute atomic E-state index is 13.1. The van der Waals surface area contributed by atoms with Crippen LogP contribution in [-0.4, -0.2) is 42.1 Å². The van der Waals surface area contributed by atoms with Crippen molar-refractivity contribution in [1.82, 2.24) is 10.2 Å². The van der Waals surface area contributed by atoms with E-state index >= 15 is 0 Å². The number of fused-ring (bicyclic) bond motifs is 2. The first-order valence-corrected chi connectivity index (χ1v) is 10.6. The fraction of sp³-hybridized carbons (Fsp3) is 0.667. The molecule has 28 heavy (non-hydrogen) atoms. The van der Waals surface area contributed by atoms with Crippen molar-refractivity contribution >= 4 is 35.6 Å². The second-order valence-electron chi connectivity index (χ2n) is 7.97. The number of benzene rings is 1. The Hall–Kier alpha value is -1.17. The third-order valence-corrected chi connectivity index (χ3v) is 6.55. The number of nitrogen functional groups attached to an aromatic ring is 1. The summed E-state index contributed by atoms with van der Waals surface area (Å²) in [6.07, 6.45) is 7.54. The van der Waals surface area contributed by atoms with Gasteiger partial charge in [-0.2, -0.15) is 0 Å². The fourth-order valence-electron chi connectivity index (χ4n) is 4.48. The minimum absolute atomic E-state index is 0. The zero-order chi connectivity index (χ0) is 19.6. The number of nitrogens with one attached hydrogen (secondary N) is 1. The number of amides is 1. The highest BCUT2D eigenvalue weighted by atomic mass is 35.5. The smallest absolute Gasteiger partial charge is 0.255 e. The first-order chi connectivity index (χ1) is 12.9. The summed E-state index contributed by atoms with van der Waals surface area (Å²) in [4.78, 5) is 15.5. The van der Waals surface area contributed by atoms with E-state index in [2.05, 4.69) is 31.1 Å². The molecule has 2 fully saturated rings. The highest BCUT2D eigenvalue weighted by Crippen LogP contribution is 2.34. The van der Waals surface area contributed by atoms with Crippen molar-refractivity contribution < 1.29 is 9.53 Å². The molecule has 3 N–H and O–H groups in total. The molecule has 0 aliphatic carbocycles. The Labute approximate surface area is 179 Å². The molecule has 7 heteroatoms. The maximum Gasteiger partial charge on any atom is 0.255 e. The number of hydrogen-bond donors (Lipinski definition) is 2. The van der Waals surface area contributed by atoms with Crippen LogP contribution in [0.25, 0.3) is 0 Å². The molecule has 2 unspecified atom stereocenters. The summed E-state index contributed by atoms with van der Waals surface area (Å²) < 4.78 is 6.07. The topological polar surface area (TPSA) is 67.6 Å². The lowest BCUT2D eigenvalue weighted by Gasteiger charge is -2.47. The van der Waals surface area contributed by atoms with Gasteiger partial charge >= 0.3 is 0 Å². The summed E-state index contributed by atoms with van der Waals surface area (Å²) in [5, 5.41) is 3.62. The van der Waals surface area contributed by atoms with Crippen molar-refractivity contribution in [2.24, 2.45) is 0 Å². The molecule has 3 rings (SSSR count). The minimum Gasteiger partial charge on any atom is -0.490 e. The number of ether oxygens (including phenoxy) is 1. The van der Waals surface area contributed by atoms with E-state index in [4.69, 9.17) is 22.1 Å². The molecule has 2 aliphatic heterocycles. The molecule has 1 aromatic carbocycles. The van der Waals surface area contributed by atoms with Gasteiger partial charge in [0.05, 0.1) is 22.4 Å². The summed E-state index contributed by atoms with van der Waals surface area (Å²) in [7, 11) is 2.22. The zero-order valence-electron chi connectivity index (χ0n) is 17.0. The van der Waals surface area contributed by atoms with Gasteiger partial charge in [-0.1, -0.05) is 31.9 Å². The number of hydrogen-bond acceptors (Lipinski definition) is 4. The van der Waals surface area contributed by atoms with Gasteiger partial charge in [0.25, 0.3) is 5.91 Å². The lowest BCUT2D eigenvalue weighted by atomic mass is 9.82. The third-order valence-electron chi connectivity index (χ3n) is 6.22. The lowest BCUT2D eigenvalue weighted by Crippen LogP contribution is -2.55. The predicted molar refractivity (Wildman–Crippen MR) is 118 cm³/mol. The van der Waals surface area contributed by atoms with Crippen molar-refractivity contribution in [3.8, 4) is 5.75 Å². The Kier molecular flexibility index (Phi) is 8.29. The number of nitrogens with two attached hydrogens (primary N) is 1. The Morgan fingerprint density at radius 2 is 1.89 bits per heavy atom. The quantitative estimate of drug-likeness (QED) is 0.645. The standard InChI is InChI=1S/C21H32ClN3O2.ClH/c1-4-16(5-2)27-20-12-19(23)18(22)11-17(20)21(26)24-13-9-14-7-6-8-15(10-13)25(14)3;/h11-16H,4-10,23H2,1-3H3,(H,24,26);1H/t13?,14-,15?;/m0./s1. The summed E-state index contributed by atoms with van der Waals surface area (Å²) in [5.74, 6) is 0.404. The van der Waals surface area contributed by atoms with E-state index in [1.165, 1.54) is 19.3 Å². The number of halogens is 2. The highest BCUT2D eigenvalue weighted by molar-refractivity contribution is 6.33. The van der Waals surface area contributed by atoms with E-state index < -0.39 is 0 Å². The second-order valence-corrected chi connectivity index (χ2v) is 8.38. The summed E-state index contributed by atoms with van der Waals surface area (Å²) >= 11 is 6.21. The Morgan fingerprint density at radius 1 is 1.29 bits per heavy atom. The van der Waals surface area contributed by atoms with E-state index in [-0.39, 0.29) is 30.5 Å². The van der Waals surface area contributed by atoms with E-state index in [1.54, 1.807) is 12.1 Å². The van der Waals surface area contributed by atoms with Crippen LogP contribution >= 0.6 is 24.0 Å². The Morgan fingerprint density at radius 3 is 2.46 bits per heavy atom. The first kappa shape index (κ1) is 23.1. The van der Waals surface area contributed by atoms with Crippen LogP contribution in [0.4, 0.5) is 5.69 Å². The van der Waals surface area contributed by atoms with Gasteiger partial charge in [-0.15, -0.1) is 12.4 Å². The monoisotopic (exact) mass is 429 g/mol. The van der Waals surface area contributed by atoms with E-state index in [9.17, 15) is 4.79 Å². The molecule has 2 bridgehead atoms. The average molecular weight is 430 g/mol. The van der Waals surface area contributed by atoms with Crippen molar-refractivity contribution in [2.45, 2.75) is 83.0 Å². The van der Waals surface area contributed by atoms with Crippen molar-refractivity contribution in [1.29, 1.82) is 0 Å². The molecule has 158 valence electrons. The number of nitrogens with zero attached hydrogens (tertiary/aromatic N) is 1. The third kappa shape index (κ3) is 5.05. The fourth-order valence-corrected chi connectivity index (χ4v) is 4.64. The van der Waals surface area contributed by atoms with Gasteiger partial charge in [-0.05, 0) is 51.6 Å². The molecule has 0 spiro atoms. The molecular weight excluding hydrogens is 397 g/mol. The molecule has 2 aliphatic rings. The Balaban J connectivity index is 0.00000280. The van der Waals surface area contributed by atoms with Gasteiger partial charge in [-0.3, -0.25) is 4.79 Å². The predicted octanol–water partition coefficient (Wildman–Crippen LogP) is 4.66. The Bertz CT molecular complexity index is 668. The van der Waals surface area contributed by atoms with Crippen molar-refractivity contribution in [3.05, 3.63) is 22.7 Å². The molecule has 5 nitrogen and oxygen atoms in total. The van der Waals surface area contributed by atoms with Crippen LogP contribution in [0, 0.1) is 0 Å². The van der Waals surface area contributed by atoms with E-state index in [1.807, 2.05) is 0 Å². The van der Waals surface area contributed by atoms with Gasteiger partial charge < -0.3 is 20.7 Å². The molecule has 2 heterocycles. The zero-order valence-corrected chi connectivity index (χ0v) is 18.6. The number of carbonyl (C=O) groups is 1. The highest BCUT2D eigenvalue weighted by Gasteiger charge is 2.36. The first-order valence-electron chi connectivity index (χ1n) is 10.2. The van der Waals surface area contributed by atoms with Crippen LogP contribution < -0.4 is 15.8 Å². The maximum atomic E-state index is 13.1. The van der Waals surface area contributed by atoms with Gasteiger partial charge in [0.1, 0.15) is 5.75 Å². The van der Waals surface area contributed by atoms with Crippen LogP contribution in [0.1, 0.15) is 69.2 Å². The van der Waals surface area contributed by atoms with Crippen LogP contribution in [0.15, 0.2) is 12.1 Å². The normalized spacial score (nSPS) is 24.5. The summed E-state index contributed by atoms with van der Waals surface area (Å²) in [5.41, 5.74) is 6.87. The molecular formula is C21H33Cl2N3O2. The number of piperidine rings is 2. The average Bonchev–Trinajstić information content (AvgIpc) is 2.63. The van der Waals surface area contributed by atoms with Gasteiger partial charge in [0.2, 0.25) is 0 Å². The van der Waals surface area contributed by atoms with Crippen LogP contribution in [0.3, 0.4) is 0 Å². The molecule has 1 aromatic rings. The molecule has 3 atom stereocenters. The number of rotatable bonds is 6. The van der Waals surface area contributed by atoms with Crippen LogP contribution in [-0.2, 0) is 0 Å². The lowest BCUT2D eigenvalue weighted by molar-refractivity contribution is 0.0462. The van der Waals surface area contributed by atoms with Gasteiger partial charge in [-0.25, -0.2) is 0 Å². The molecule has 0 aromatic heterocycles. The molecule has 1 amide bonds. The second kappa shape index (κ2) is 10.0. The van der Waals surface area contributed by atoms with Gasteiger partial charge in [0.15, 0.2) is 0 Å². The SMILES string of the molecule is CCC(CC)Oc1cc(N)c(Cl)cc1C(=O)NC1CC2CCC[C@@H](C1)N2C.Cl. The molecule has 2 saturated heterocycles. The number of anilines is 1. The summed E-state index contributed by atoms with van der Waals surface area (Å²) in [6, 6.07) is 4.65. The van der Waals surface area contributed by atoms with E-state index in [0.717, 1.165) is 25.7 Å². The van der Waals surface area contributed by atoms with Crippen molar-refractivity contribution in [3.63, 3.8) is 0 Å². The largest absolute Gasteiger partial charge is 0.490 e. The van der Waals surface area contributed by atoms with Crippen LogP contribution in [0.5, 0.6) is 5.75 Å². The van der Waals surface area contributed by atoms with Crippen LogP contribution in [0.2, 0.25) is 5.02 Å². The number of carbonyl (C=O) groups excluding carboxylic acids is 1.